The van der Waals surface area contributed by atoms with E-state index in [1.165, 1.54) is 22.5 Å². The number of benzene rings is 2. The second kappa shape index (κ2) is 9.38. The number of carbonyl (C=O) groups is 1. The highest BCUT2D eigenvalue weighted by Gasteiger charge is 2.24. The zero-order valence-electron chi connectivity index (χ0n) is 16.5. The van der Waals surface area contributed by atoms with Gasteiger partial charge >= 0.3 is 0 Å². The molecule has 6 nitrogen and oxygen atoms in total. The van der Waals surface area contributed by atoms with Crippen molar-refractivity contribution in [3.05, 3.63) is 52.8 Å². The Morgan fingerprint density at radius 3 is 2.53 bits per heavy atom. The van der Waals surface area contributed by atoms with Crippen LogP contribution in [-0.4, -0.2) is 36.7 Å². The molecule has 2 aromatic carbocycles. The van der Waals surface area contributed by atoms with Crippen LogP contribution in [0, 0.1) is 5.82 Å². The smallest absolute Gasteiger partial charge is 0.261 e. The molecule has 0 unspecified atom stereocenters. The Morgan fingerprint density at radius 2 is 1.90 bits per heavy atom. The number of hydrogen-bond donors (Lipinski definition) is 1. The van der Waals surface area contributed by atoms with Crippen molar-refractivity contribution in [2.24, 2.45) is 0 Å². The van der Waals surface area contributed by atoms with Crippen LogP contribution in [0.3, 0.4) is 0 Å². The first-order valence-corrected chi connectivity index (χ1v) is 12.1. The van der Waals surface area contributed by atoms with E-state index in [0.29, 0.717) is 23.3 Å². The predicted molar refractivity (Wildman–Crippen MR) is 118 cm³/mol. The fourth-order valence-electron chi connectivity index (χ4n) is 2.99. The number of halogens is 2. The van der Waals surface area contributed by atoms with Gasteiger partial charge in [-0.2, -0.15) is 4.31 Å². The average Bonchev–Trinajstić information content (AvgIpc) is 3.09. The molecule has 1 N–H and O–H groups in total. The van der Waals surface area contributed by atoms with E-state index >= 15 is 0 Å². The summed E-state index contributed by atoms with van der Waals surface area (Å²) in [4.78, 5) is 16.9. The molecular formula is C20H21ClFN3O3S2. The number of amides is 1. The van der Waals surface area contributed by atoms with Crippen molar-refractivity contribution in [1.82, 2.24) is 9.29 Å². The number of hydrogen-bond acceptors (Lipinski definition) is 5. The van der Waals surface area contributed by atoms with Gasteiger partial charge in [0.1, 0.15) is 5.82 Å². The van der Waals surface area contributed by atoms with Crippen LogP contribution < -0.4 is 5.32 Å². The molecule has 160 valence electrons. The maximum Gasteiger partial charge on any atom is 0.261 e. The van der Waals surface area contributed by atoms with Crippen molar-refractivity contribution < 1.29 is 17.6 Å². The van der Waals surface area contributed by atoms with Crippen molar-refractivity contribution in [3.8, 4) is 0 Å². The minimum atomic E-state index is -3.63. The first kappa shape index (κ1) is 22.6. The van der Waals surface area contributed by atoms with Crippen LogP contribution in [0.2, 0.25) is 5.02 Å². The van der Waals surface area contributed by atoms with E-state index in [2.05, 4.69) is 10.3 Å². The molecular weight excluding hydrogens is 449 g/mol. The van der Waals surface area contributed by atoms with Gasteiger partial charge < -0.3 is 0 Å². The zero-order valence-corrected chi connectivity index (χ0v) is 18.9. The van der Waals surface area contributed by atoms with Gasteiger partial charge in [-0.25, -0.2) is 17.8 Å². The Kier molecular flexibility index (Phi) is 7.07. The summed E-state index contributed by atoms with van der Waals surface area (Å²) in [5.74, 6) is -1.46. The van der Waals surface area contributed by atoms with Crippen LogP contribution in [0.25, 0.3) is 10.2 Å². The standard InChI is InChI=1S/C20H21ClFN3O3S2/c1-3-10-25(11-4-2)30(27,28)13-8-9-16-17(12-13)29-20(23-16)24-19(26)18-14(21)6-5-7-15(18)22/h5-9,12H,3-4,10-11H2,1-2H3,(H,23,24,26). The number of anilines is 1. The Hall–Kier alpha value is -2.07. The summed E-state index contributed by atoms with van der Waals surface area (Å²) < 4.78 is 42.0. The predicted octanol–water partition coefficient (Wildman–Crippen LogP) is 5.15. The highest BCUT2D eigenvalue weighted by molar-refractivity contribution is 7.89. The van der Waals surface area contributed by atoms with Crippen LogP contribution in [0.1, 0.15) is 37.0 Å². The molecule has 0 aliphatic rings. The van der Waals surface area contributed by atoms with Crippen LogP contribution in [-0.2, 0) is 10.0 Å². The van der Waals surface area contributed by atoms with Gasteiger partial charge in [-0.1, -0.05) is 42.9 Å². The van der Waals surface area contributed by atoms with Gasteiger partial charge in [-0.15, -0.1) is 0 Å². The molecule has 1 aromatic heterocycles. The molecule has 0 bridgehead atoms. The molecule has 0 saturated heterocycles. The Labute approximate surface area is 183 Å². The first-order chi connectivity index (χ1) is 14.3. The van der Waals surface area contributed by atoms with Crippen molar-refractivity contribution in [2.75, 3.05) is 18.4 Å². The van der Waals surface area contributed by atoms with E-state index in [4.69, 9.17) is 11.6 Å². The van der Waals surface area contributed by atoms with E-state index in [1.807, 2.05) is 13.8 Å². The number of nitrogens with zero attached hydrogens (tertiary/aromatic N) is 2. The maximum absolute atomic E-state index is 14.0. The Morgan fingerprint density at radius 1 is 1.20 bits per heavy atom. The molecule has 1 amide bonds. The van der Waals surface area contributed by atoms with Crippen LogP contribution in [0.4, 0.5) is 9.52 Å². The number of rotatable bonds is 8. The molecule has 0 aliphatic carbocycles. The van der Waals surface area contributed by atoms with E-state index in [1.54, 1.807) is 12.1 Å². The summed E-state index contributed by atoms with van der Waals surface area (Å²) >= 11 is 7.04. The molecule has 1 heterocycles. The lowest BCUT2D eigenvalue weighted by Gasteiger charge is -2.20. The Bertz CT molecular complexity index is 1160. The Balaban J connectivity index is 1.90. The summed E-state index contributed by atoms with van der Waals surface area (Å²) in [6.45, 7) is 4.76. The third-order valence-corrected chi connectivity index (χ3v) is 7.50. The SMILES string of the molecule is CCCN(CCC)S(=O)(=O)c1ccc2nc(NC(=O)c3c(F)cccc3Cl)sc2c1. The molecule has 0 fully saturated rings. The lowest BCUT2D eigenvalue weighted by molar-refractivity contribution is 0.102. The highest BCUT2D eigenvalue weighted by atomic mass is 35.5. The zero-order chi connectivity index (χ0) is 21.9. The number of carbonyl (C=O) groups excluding carboxylic acids is 1. The largest absolute Gasteiger partial charge is 0.298 e. The van der Waals surface area contributed by atoms with Gasteiger partial charge in [0.15, 0.2) is 5.13 Å². The topological polar surface area (TPSA) is 79.4 Å². The number of nitrogens with one attached hydrogen (secondary N) is 1. The lowest BCUT2D eigenvalue weighted by atomic mass is 10.2. The second-order valence-electron chi connectivity index (χ2n) is 6.60. The summed E-state index contributed by atoms with van der Waals surface area (Å²) in [6, 6.07) is 8.64. The minimum absolute atomic E-state index is 0.00562. The van der Waals surface area contributed by atoms with Crippen molar-refractivity contribution >= 4 is 54.2 Å². The number of thiazole rings is 1. The van der Waals surface area contributed by atoms with Gasteiger partial charge in [0.05, 0.1) is 25.7 Å². The molecule has 10 heteroatoms. The minimum Gasteiger partial charge on any atom is -0.298 e. The van der Waals surface area contributed by atoms with Gasteiger partial charge in [-0.05, 0) is 43.2 Å². The van der Waals surface area contributed by atoms with Crippen molar-refractivity contribution in [3.63, 3.8) is 0 Å². The van der Waals surface area contributed by atoms with E-state index in [9.17, 15) is 17.6 Å². The summed E-state index contributed by atoms with van der Waals surface area (Å²) in [6.07, 6.45) is 1.44. The van der Waals surface area contributed by atoms with Gasteiger partial charge in [-0.3, -0.25) is 10.1 Å². The monoisotopic (exact) mass is 469 g/mol. The number of sulfonamides is 1. The molecule has 0 radical (unpaired) electrons. The first-order valence-electron chi connectivity index (χ1n) is 9.44. The molecule has 3 rings (SSSR count). The fraction of sp³-hybridized carbons (Fsp3) is 0.300. The molecule has 0 spiro atoms. The fourth-order valence-corrected chi connectivity index (χ4v) is 5.87. The molecule has 0 aliphatic heterocycles. The second-order valence-corrected chi connectivity index (χ2v) is 9.98. The summed E-state index contributed by atoms with van der Waals surface area (Å²) in [5, 5.41) is 2.75. The lowest BCUT2D eigenvalue weighted by Crippen LogP contribution is -2.32. The van der Waals surface area contributed by atoms with Crippen LogP contribution in [0.5, 0.6) is 0 Å². The highest BCUT2D eigenvalue weighted by Crippen LogP contribution is 2.30. The van der Waals surface area contributed by atoms with E-state index < -0.39 is 21.7 Å². The summed E-state index contributed by atoms with van der Waals surface area (Å²) in [7, 11) is -3.63. The number of fused-ring (bicyclic) bond motifs is 1. The maximum atomic E-state index is 14.0. The molecule has 3 aromatic rings. The molecule has 30 heavy (non-hydrogen) atoms. The van der Waals surface area contributed by atoms with Crippen LogP contribution >= 0.6 is 22.9 Å². The van der Waals surface area contributed by atoms with Gasteiger partial charge in [0.2, 0.25) is 10.0 Å². The van der Waals surface area contributed by atoms with Gasteiger partial charge in [0, 0.05) is 13.1 Å². The third kappa shape index (κ3) is 4.64. The van der Waals surface area contributed by atoms with Crippen molar-refractivity contribution in [2.45, 2.75) is 31.6 Å². The number of aromatic nitrogens is 1. The quantitative estimate of drug-likeness (QED) is 0.494. The van der Waals surface area contributed by atoms with Crippen molar-refractivity contribution in [1.29, 1.82) is 0 Å². The summed E-state index contributed by atoms with van der Waals surface area (Å²) in [5.41, 5.74) is 0.267. The molecule has 0 atom stereocenters. The van der Waals surface area contributed by atoms with E-state index in [0.717, 1.165) is 30.2 Å². The normalized spacial score (nSPS) is 11.9. The third-order valence-electron chi connectivity index (χ3n) is 4.35. The average molecular weight is 470 g/mol. The van der Waals surface area contributed by atoms with E-state index in [-0.39, 0.29) is 20.6 Å². The van der Waals surface area contributed by atoms with Gasteiger partial charge in [0.25, 0.3) is 5.91 Å². The van der Waals surface area contributed by atoms with Crippen LogP contribution in [0.15, 0.2) is 41.3 Å². The molecule has 0 saturated carbocycles.